The van der Waals surface area contributed by atoms with Crippen LogP contribution in [0.1, 0.15) is 11.3 Å². The van der Waals surface area contributed by atoms with E-state index in [2.05, 4.69) is 29.2 Å². The summed E-state index contributed by atoms with van der Waals surface area (Å²) in [7, 11) is 1.73. The summed E-state index contributed by atoms with van der Waals surface area (Å²) in [6, 6.07) is 10.4. The van der Waals surface area contributed by atoms with E-state index in [9.17, 15) is 0 Å². The van der Waals surface area contributed by atoms with Crippen molar-refractivity contribution >= 4 is 10.9 Å². The molecular weight excluding hydrogens is 186 g/mol. The van der Waals surface area contributed by atoms with E-state index in [-0.39, 0.29) is 0 Å². The SMILES string of the molecule is COCCc1cc(C)nc2ccccc12. The normalized spacial score (nSPS) is 10.8. The Morgan fingerprint density at radius 2 is 2.07 bits per heavy atom. The standard InChI is InChI=1S/C13H15NO/c1-10-9-11(7-8-15-2)12-5-3-4-6-13(12)14-10/h3-6,9H,7-8H2,1-2H3. The van der Waals surface area contributed by atoms with Crippen LogP contribution in [0, 0.1) is 6.92 Å². The van der Waals surface area contributed by atoms with Crippen LogP contribution in [0.3, 0.4) is 0 Å². The Balaban J connectivity index is 2.50. The van der Waals surface area contributed by atoms with Gasteiger partial charge in [0.15, 0.2) is 0 Å². The predicted molar refractivity (Wildman–Crippen MR) is 62.1 cm³/mol. The van der Waals surface area contributed by atoms with Crippen LogP contribution in [0.15, 0.2) is 30.3 Å². The topological polar surface area (TPSA) is 22.1 Å². The average Bonchev–Trinajstić information content (AvgIpc) is 2.25. The van der Waals surface area contributed by atoms with Crippen molar-refractivity contribution in [2.45, 2.75) is 13.3 Å². The third kappa shape index (κ3) is 2.16. The molecule has 1 aromatic carbocycles. The van der Waals surface area contributed by atoms with Gasteiger partial charge in [0.2, 0.25) is 0 Å². The summed E-state index contributed by atoms with van der Waals surface area (Å²) in [5.41, 5.74) is 3.46. The molecule has 0 unspecified atom stereocenters. The summed E-state index contributed by atoms with van der Waals surface area (Å²) < 4.78 is 5.11. The number of pyridine rings is 1. The maximum atomic E-state index is 5.11. The van der Waals surface area contributed by atoms with Gasteiger partial charge in [-0.05, 0) is 31.0 Å². The first-order valence-electron chi connectivity index (χ1n) is 5.15. The Labute approximate surface area is 89.9 Å². The summed E-state index contributed by atoms with van der Waals surface area (Å²) in [5.74, 6) is 0. The van der Waals surface area contributed by atoms with Gasteiger partial charge in [-0.2, -0.15) is 0 Å². The fraction of sp³-hybridized carbons (Fsp3) is 0.308. The summed E-state index contributed by atoms with van der Waals surface area (Å²) in [4.78, 5) is 4.50. The second-order valence-electron chi connectivity index (χ2n) is 3.68. The first-order chi connectivity index (χ1) is 7.31. The maximum Gasteiger partial charge on any atom is 0.0707 e. The van der Waals surface area contributed by atoms with Crippen LogP contribution in [-0.2, 0) is 11.2 Å². The minimum atomic E-state index is 0.757. The van der Waals surface area contributed by atoms with Gasteiger partial charge < -0.3 is 4.74 Å². The first kappa shape index (κ1) is 10.1. The molecule has 0 saturated heterocycles. The molecule has 0 saturated carbocycles. The molecule has 0 radical (unpaired) electrons. The monoisotopic (exact) mass is 201 g/mol. The van der Waals surface area contributed by atoms with Gasteiger partial charge in [-0.3, -0.25) is 4.98 Å². The van der Waals surface area contributed by atoms with E-state index in [4.69, 9.17) is 4.74 Å². The lowest BCUT2D eigenvalue weighted by Gasteiger charge is -2.06. The number of fused-ring (bicyclic) bond motifs is 1. The predicted octanol–water partition coefficient (Wildman–Crippen LogP) is 2.73. The zero-order valence-electron chi connectivity index (χ0n) is 9.16. The minimum Gasteiger partial charge on any atom is -0.384 e. The number of aryl methyl sites for hydroxylation is 1. The van der Waals surface area contributed by atoms with E-state index in [0.717, 1.165) is 24.2 Å². The molecule has 0 fully saturated rings. The molecule has 78 valence electrons. The van der Waals surface area contributed by atoms with E-state index < -0.39 is 0 Å². The van der Waals surface area contributed by atoms with Gasteiger partial charge in [0, 0.05) is 18.2 Å². The van der Waals surface area contributed by atoms with Gasteiger partial charge in [-0.15, -0.1) is 0 Å². The molecule has 2 heteroatoms. The molecule has 0 bridgehead atoms. The third-order valence-electron chi connectivity index (χ3n) is 2.51. The Bertz CT molecular complexity index is 465. The lowest BCUT2D eigenvalue weighted by atomic mass is 10.1. The van der Waals surface area contributed by atoms with E-state index >= 15 is 0 Å². The summed E-state index contributed by atoms with van der Waals surface area (Å²) in [5, 5.41) is 1.24. The first-order valence-corrected chi connectivity index (χ1v) is 5.15. The Hall–Kier alpha value is -1.41. The number of benzene rings is 1. The largest absolute Gasteiger partial charge is 0.384 e. The fourth-order valence-electron chi connectivity index (χ4n) is 1.81. The van der Waals surface area contributed by atoms with Gasteiger partial charge in [0.1, 0.15) is 0 Å². The second kappa shape index (κ2) is 4.41. The number of para-hydroxylation sites is 1. The number of rotatable bonds is 3. The van der Waals surface area contributed by atoms with E-state index in [1.807, 2.05) is 13.0 Å². The van der Waals surface area contributed by atoms with Crippen LogP contribution in [0.5, 0.6) is 0 Å². The molecule has 2 rings (SSSR count). The summed E-state index contributed by atoms with van der Waals surface area (Å²) in [6.45, 7) is 2.79. The molecule has 15 heavy (non-hydrogen) atoms. The van der Waals surface area contributed by atoms with Crippen molar-refractivity contribution in [1.29, 1.82) is 0 Å². The highest BCUT2D eigenvalue weighted by Gasteiger charge is 2.02. The van der Waals surface area contributed by atoms with E-state index in [0.29, 0.717) is 0 Å². The molecule has 0 aliphatic carbocycles. The number of nitrogens with zero attached hydrogens (tertiary/aromatic N) is 1. The van der Waals surface area contributed by atoms with Crippen LogP contribution in [-0.4, -0.2) is 18.7 Å². The molecule has 0 atom stereocenters. The summed E-state index contributed by atoms with van der Waals surface area (Å²) in [6.07, 6.45) is 0.945. The van der Waals surface area contributed by atoms with Crippen molar-refractivity contribution in [3.8, 4) is 0 Å². The number of hydrogen-bond acceptors (Lipinski definition) is 2. The van der Waals surface area contributed by atoms with Crippen LogP contribution < -0.4 is 0 Å². The van der Waals surface area contributed by atoms with Crippen molar-refractivity contribution in [2.75, 3.05) is 13.7 Å². The van der Waals surface area contributed by atoms with Crippen LogP contribution in [0.2, 0.25) is 0 Å². The number of aromatic nitrogens is 1. The molecular formula is C13H15NO. The van der Waals surface area contributed by atoms with E-state index in [1.165, 1.54) is 10.9 Å². The van der Waals surface area contributed by atoms with Crippen LogP contribution >= 0.6 is 0 Å². The Morgan fingerprint density at radius 3 is 2.87 bits per heavy atom. The fourth-order valence-corrected chi connectivity index (χ4v) is 1.81. The molecule has 0 amide bonds. The van der Waals surface area contributed by atoms with Gasteiger partial charge in [-0.1, -0.05) is 18.2 Å². The van der Waals surface area contributed by atoms with Gasteiger partial charge in [-0.25, -0.2) is 0 Å². The second-order valence-corrected chi connectivity index (χ2v) is 3.68. The lowest BCUT2D eigenvalue weighted by molar-refractivity contribution is 0.202. The van der Waals surface area contributed by atoms with Gasteiger partial charge in [0.05, 0.1) is 12.1 Å². The average molecular weight is 201 g/mol. The molecule has 0 aliphatic rings. The Morgan fingerprint density at radius 1 is 1.27 bits per heavy atom. The molecule has 1 aromatic heterocycles. The number of hydrogen-bond donors (Lipinski definition) is 0. The molecule has 0 N–H and O–H groups in total. The molecule has 0 spiro atoms. The number of methoxy groups -OCH3 is 1. The quantitative estimate of drug-likeness (QED) is 0.761. The lowest BCUT2D eigenvalue weighted by Crippen LogP contribution is -1.97. The molecule has 0 aliphatic heterocycles. The Kier molecular flexibility index (Phi) is 2.97. The van der Waals surface area contributed by atoms with Crippen LogP contribution in [0.25, 0.3) is 10.9 Å². The summed E-state index contributed by atoms with van der Waals surface area (Å²) >= 11 is 0. The molecule has 2 aromatic rings. The molecule has 2 nitrogen and oxygen atoms in total. The highest BCUT2D eigenvalue weighted by atomic mass is 16.5. The van der Waals surface area contributed by atoms with Gasteiger partial charge in [0.25, 0.3) is 0 Å². The van der Waals surface area contributed by atoms with Crippen LogP contribution in [0.4, 0.5) is 0 Å². The third-order valence-corrected chi connectivity index (χ3v) is 2.51. The van der Waals surface area contributed by atoms with Gasteiger partial charge >= 0.3 is 0 Å². The smallest absolute Gasteiger partial charge is 0.0707 e. The zero-order valence-corrected chi connectivity index (χ0v) is 9.16. The highest BCUT2D eigenvalue weighted by molar-refractivity contribution is 5.82. The maximum absolute atomic E-state index is 5.11. The van der Waals surface area contributed by atoms with Crippen molar-refractivity contribution in [1.82, 2.24) is 4.98 Å². The molecule has 1 heterocycles. The highest BCUT2D eigenvalue weighted by Crippen LogP contribution is 2.18. The van der Waals surface area contributed by atoms with Crippen molar-refractivity contribution in [2.24, 2.45) is 0 Å². The number of ether oxygens (including phenoxy) is 1. The zero-order chi connectivity index (χ0) is 10.7. The van der Waals surface area contributed by atoms with Crippen molar-refractivity contribution in [3.05, 3.63) is 41.6 Å². The van der Waals surface area contributed by atoms with Crippen molar-refractivity contribution < 1.29 is 4.74 Å². The van der Waals surface area contributed by atoms with E-state index in [1.54, 1.807) is 7.11 Å². The minimum absolute atomic E-state index is 0.757. The van der Waals surface area contributed by atoms with Crippen molar-refractivity contribution in [3.63, 3.8) is 0 Å².